The molecule has 0 aliphatic carbocycles. The van der Waals surface area contributed by atoms with Gasteiger partial charge in [0.2, 0.25) is 0 Å². The summed E-state index contributed by atoms with van der Waals surface area (Å²) in [5, 5.41) is 4.31. The Labute approximate surface area is 136 Å². The van der Waals surface area contributed by atoms with Gasteiger partial charge in [0.1, 0.15) is 17.4 Å². The Bertz CT molecular complexity index is 587. The van der Waals surface area contributed by atoms with E-state index in [2.05, 4.69) is 30.4 Å². The average molecular weight is 324 g/mol. The minimum atomic E-state index is 0.462. The highest BCUT2D eigenvalue weighted by molar-refractivity contribution is 6.42. The predicted octanol–water partition coefficient (Wildman–Crippen LogP) is 4.72. The molecule has 2 aromatic rings. The average Bonchev–Trinajstić information content (AvgIpc) is 2.50. The van der Waals surface area contributed by atoms with E-state index in [0.29, 0.717) is 22.4 Å². The van der Waals surface area contributed by atoms with E-state index in [-0.39, 0.29) is 0 Å². The zero-order valence-electron chi connectivity index (χ0n) is 12.0. The van der Waals surface area contributed by atoms with Gasteiger partial charge in [0.05, 0.1) is 5.02 Å². The van der Waals surface area contributed by atoms with E-state index in [1.807, 2.05) is 18.2 Å². The lowest BCUT2D eigenvalue weighted by atomic mass is 10.1. The quantitative estimate of drug-likeness (QED) is 0.744. The molecule has 112 valence electrons. The molecule has 2 aromatic carbocycles. The van der Waals surface area contributed by atoms with E-state index in [9.17, 15) is 0 Å². The molecule has 0 heterocycles. The number of likely N-dealkylation sites (N-methyl/N-ethyl adjacent to an activating group) is 1. The Hall–Kier alpha value is -1.22. The second-order valence-corrected chi connectivity index (χ2v) is 5.50. The zero-order valence-corrected chi connectivity index (χ0v) is 13.5. The van der Waals surface area contributed by atoms with Crippen molar-refractivity contribution in [2.45, 2.75) is 20.0 Å². The van der Waals surface area contributed by atoms with Crippen LogP contribution in [0.4, 0.5) is 0 Å². The summed E-state index contributed by atoms with van der Waals surface area (Å²) in [6, 6.07) is 13.7. The molecule has 0 saturated carbocycles. The van der Waals surface area contributed by atoms with Gasteiger partial charge in [-0.2, -0.15) is 0 Å². The molecule has 2 rings (SSSR count). The van der Waals surface area contributed by atoms with Crippen molar-refractivity contribution in [3.63, 3.8) is 0 Å². The zero-order chi connectivity index (χ0) is 15.1. The maximum Gasteiger partial charge on any atom is 0.139 e. The number of benzene rings is 2. The second-order valence-electron chi connectivity index (χ2n) is 4.71. The fourth-order valence-electron chi connectivity index (χ4n) is 2.09. The van der Waals surface area contributed by atoms with E-state index in [1.54, 1.807) is 6.07 Å². The molecular weight excluding hydrogens is 305 g/mol. The second kappa shape index (κ2) is 8.28. The van der Waals surface area contributed by atoms with Gasteiger partial charge in [0.25, 0.3) is 0 Å². The lowest BCUT2D eigenvalue weighted by Crippen LogP contribution is -2.17. The van der Waals surface area contributed by atoms with Crippen molar-refractivity contribution >= 4 is 23.2 Å². The number of hydrogen-bond donors (Lipinski definition) is 1. The van der Waals surface area contributed by atoms with Crippen LogP contribution >= 0.6 is 23.2 Å². The van der Waals surface area contributed by atoms with Crippen LogP contribution in [0.1, 0.15) is 18.1 Å². The van der Waals surface area contributed by atoms with E-state index >= 15 is 0 Å². The third kappa shape index (κ3) is 4.63. The van der Waals surface area contributed by atoms with Gasteiger partial charge in [-0.25, -0.2) is 0 Å². The lowest BCUT2D eigenvalue weighted by molar-refractivity contribution is 0.305. The van der Waals surface area contributed by atoms with Crippen molar-refractivity contribution in [2.75, 3.05) is 13.1 Å². The van der Waals surface area contributed by atoms with Gasteiger partial charge in [-0.1, -0.05) is 60.5 Å². The first-order chi connectivity index (χ1) is 10.2. The van der Waals surface area contributed by atoms with E-state index in [4.69, 9.17) is 27.9 Å². The summed E-state index contributed by atoms with van der Waals surface area (Å²) < 4.78 is 5.81. The van der Waals surface area contributed by atoms with Gasteiger partial charge >= 0.3 is 0 Å². The molecule has 0 aliphatic rings. The molecule has 0 atom stereocenters. The highest BCUT2D eigenvalue weighted by Crippen LogP contribution is 2.32. The largest absolute Gasteiger partial charge is 0.487 e. The Kier molecular flexibility index (Phi) is 6.37. The molecule has 0 aromatic heterocycles. The summed E-state index contributed by atoms with van der Waals surface area (Å²) in [7, 11) is 0. The smallest absolute Gasteiger partial charge is 0.139 e. The van der Waals surface area contributed by atoms with Crippen LogP contribution in [0, 0.1) is 0 Å². The van der Waals surface area contributed by atoms with Crippen LogP contribution < -0.4 is 10.1 Å². The topological polar surface area (TPSA) is 21.3 Å². The Balaban J connectivity index is 2.04. The molecule has 1 N–H and O–H groups in total. The number of halogens is 2. The molecule has 21 heavy (non-hydrogen) atoms. The summed E-state index contributed by atoms with van der Waals surface area (Å²) in [6.45, 7) is 4.54. The fourth-order valence-corrected chi connectivity index (χ4v) is 2.44. The minimum Gasteiger partial charge on any atom is -0.487 e. The van der Waals surface area contributed by atoms with Crippen LogP contribution in [0.2, 0.25) is 10.0 Å². The maximum atomic E-state index is 6.13. The van der Waals surface area contributed by atoms with Crippen molar-refractivity contribution in [2.24, 2.45) is 0 Å². The highest BCUT2D eigenvalue weighted by Gasteiger charge is 2.07. The van der Waals surface area contributed by atoms with Crippen molar-refractivity contribution < 1.29 is 4.74 Å². The molecule has 0 fully saturated rings. The molecule has 4 heteroatoms. The number of nitrogens with one attached hydrogen (secondary N) is 1. The minimum absolute atomic E-state index is 0.462. The summed E-state index contributed by atoms with van der Waals surface area (Å²) in [5.41, 5.74) is 2.46. The van der Waals surface area contributed by atoms with Crippen molar-refractivity contribution in [1.29, 1.82) is 0 Å². The Morgan fingerprint density at radius 3 is 2.52 bits per heavy atom. The fraction of sp³-hybridized carbons (Fsp3) is 0.294. The van der Waals surface area contributed by atoms with Crippen molar-refractivity contribution in [1.82, 2.24) is 5.32 Å². The molecule has 0 radical (unpaired) electrons. The number of hydrogen-bond acceptors (Lipinski definition) is 2. The van der Waals surface area contributed by atoms with Gasteiger partial charge in [-0.15, -0.1) is 0 Å². The lowest BCUT2D eigenvalue weighted by Gasteiger charge is -2.12. The van der Waals surface area contributed by atoms with Crippen molar-refractivity contribution in [3.8, 4) is 5.75 Å². The summed E-state index contributed by atoms with van der Waals surface area (Å²) in [6.07, 6.45) is 0.983. The van der Waals surface area contributed by atoms with Gasteiger partial charge in [-0.05, 0) is 42.8 Å². The van der Waals surface area contributed by atoms with E-state index in [1.165, 1.54) is 11.1 Å². The first kappa shape index (κ1) is 16.2. The van der Waals surface area contributed by atoms with E-state index in [0.717, 1.165) is 19.5 Å². The maximum absolute atomic E-state index is 6.13. The first-order valence-corrected chi connectivity index (χ1v) is 7.82. The molecule has 0 saturated heterocycles. The van der Waals surface area contributed by atoms with Crippen LogP contribution in [0.15, 0.2) is 42.5 Å². The Morgan fingerprint density at radius 1 is 1.00 bits per heavy atom. The molecule has 0 spiro atoms. The molecule has 0 bridgehead atoms. The summed E-state index contributed by atoms with van der Waals surface area (Å²) in [5.74, 6) is 0.616. The van der Waals surface area contributed by atoms with Crippen LogP contribution in [0.25, 0.3) is 0 Å². The standard InChI is InChI=1S/C17H19Cl2NO/c1-2-20-11-10-13-6-3-4-7-14(13)12-21-16-9-5-8-15(18)17(16)19/h3-9,20H,2,10-12H2,1H3. The third-order valence-corrected chi connectivity index (χ3v) is 4.04. The summed E-state index contributed by atoms with van der Waals surface area (Å²) in [4.78, 5) is 0. The van der Waals surface area contributed by atoms with Gasteiger partial charge in [0.15, 0.2) is 0 Å². The molecular formula is C17H19Cl2NO. The van der Waals surface area contributed by atoms with Crippen LogP contribution in [0.3, 0.4) is 0 Å². The number of ether oxygens (including phenoxy) is 1. The highest BCUT2D eigenvalue weighted by atomic mass is 35.5. The van der Waals surface area contributed by atoms with Crippen LogP contribution in [0.5, 0.6) is 5.75 Å². The molecule has 0 aliphatic heterocycles. The van der Waals surface area contributed by atoms with Crippen LogP contribution in [-0.4, -0.2) is 13.1 Å². The Morgan fingerprint density at radius 2 is 1.76 bits per heavy atom. The first-order valence-electron chi connectivity index (χ1n) is 7.06. The van der Waals surface area contributed by atoms with Gasteiger partial charge < -0.3 is 10.1 Å². The molecule has 0 amide bonds. The normalized spacial score (nSPS) is 10.6. The third-order valence-electron chi connectivity index (χ3n) is 3.24. The SMILES string of the molecule is CCNCCc1ccccc1COc1cccc(Cl)c1Cl. The number of rotatable bonds is 7. The van der Waals surface area contributed by atoms with Gasteiger partial charge in [0, 0.05) is 0 Å². The van der Waals surface area contributed by atoms with Crippen LogP contribution in [-0.2, 0) is 13.0 Å². The molecule has 0 unspecified atom stereocenters. The summed E-state index contributed by atoms with van der Waals surface area (Å²) >= 11 is 12.1. The van der Waals surface area contributed by atoms with Gasteiger partial charge in [-0.3, -0.25) is 0 Å². The van der Waals surface area contributed by atoms with E-state index < -0.39 is 0 Å². The molecule has 2 nitrogen and oxygen atoms in total. The van der Waals surface area contributed by atoms with Crippen molar-refractivity contribution in [3.05, 3.63) is 63.6 Å². The monoisotopic (exact) mass is 323 g/mol. The predicted molar refractivity (Wildman–Crippen MR) is 89.5 cm³/mol.